The third-order valence-corrected chi connectivity index (χ3v) is 10.6. The lowest BCUT2D eigenvalue weighted by atomic mass is 9.50. The van der Waals surface area contributed by atoms with Gasteiger partial charge in [-0.2, -0.15) is 0 Å². The van der Waals surface area contributed by atoms with Gasteiger partial charge in [0.2, 0.25) is 0 Å². The summed E-state index contributed by atoms with van der Waals surface area (Å²) in [4.78, 5) is 0. The lowest BCUT2D eigenvalue weighted by Crippen LogP contribution is -2.47. The fourth-order valence-electron chi connectivity index (χ4n) is 9.07. The Morgan fingerprint density at radius 1 is 0.433 bits per heavy atom. The van der Waals surface area contributed by atoms with Gasteiger partial charge in [-0.15, -0.1) is 0 Å². The van der Waals surface area contributed by atoms with E-state index in [0.717, 1.165) is 47.3 Å². The van der Waals surface area contributed by atoms with Crippen LogP contribution in [-0.4, -0.2) is 0 Å². The van der Waals surface area contributed by atoms with E-state index >= 15 is 0 Å². The summed E-state index contributed by atoms with van der Waals surface area (Å²) >= 11 is 0. The monoisotopic (exact) mass is 414 g/mol. The van der Waals surface area contributed by atoms with E-state index in [1.54, 1.807) is 77.0 Å². The molecule has 0 amide bonds. The molecule has 0 nitrogen and oxygen atoms in total. The van der Waals surface area contributed by atoms with Crippen molar-refractivity contribution in [2.45, 2.75) is 142 Å². The van der Waals surface area contributed by atoms with Gasteiger partial charge in [0, 0.05) is 0 Å². The number of unbranched alkanes of at least 4 members (excludes halogenated alkanes) is 6. The van der Waals surface area contributed by atoms with Gasteiger partial charge in [0.1, 0.15) is 0 Å². The Balaban J connectivity index is 1.27. The first-order valence-electron chi connectivity index (χ1n) is 14.8. The molecule has 4 saturated carbocycles. The van der Waals surface area contributed by atoms with Crippen LogP contribution in [0.3, 0.4) is 0 Å². The van der Waals surface area contributed by atoms with Crippen molar-refractivity contribution in [2.24, 2.45) is 47.3 Å². The lowest BCUT2D eigenvalue weighted by Gasteiger charge is -2.56. The SMILES string of the molecule is CCCCCCC1CCC2C(CCC3C4CC(CCCCCC)CCC4CCC23)C1. The van der Waals surface area contributed by atoms with Gasteiger partial charge in [-0.25, -0.2) is 0 Å². The molecule has 0 heteroatoms. The van der Waals surface area contributed by atoms with Gasteiger partial charge in [0.25, 0.3) is 0 Å². The molecule has 8 atom stereocenters. The topological polar surface area (TPSA) is 0 Å². The third kappa shape index (κ3) is 5.67. The van der Waals surface area contributed by atoms with Crippen molar-refractivity contribution in [1.82, 2.24) is 0 Å². The molecule has 0 aromatic carbocycles. The summed E-state index contributed by atoms with van der Waals surface area (Å²) in [6.07, 6.45) is 31.0. The van der Waals surface area contributed by atoms with Crippen LogP contribution in [0.15, 0.2) is 0 Å². The van der Waals surface area contributed by atoms with Crippen molar-refractivity contribution in [3.63, 3.8) is 0 Å². The van der Waals surface area contributed by atoms with E-state index in [-0.39, 0.29) is 0 Å². The Bertz CT molecular complexity index is 480. The van der Waals surface area contributed by atoms with Gasteiger partial charge in [-0.05, 0) is 98.7 Å². The average Bonchev–Trinajstić information content (AvgIpc) is 2.79. The van der Waals surface area contributed by atoms with Gasteiger partial charge in [0.15, 0.2) is 0 Å². The minimum Gasteiger partial charge on any atom is -0.0654 e. The lowest BCUT2D eigenvalue weighted by molar-refractivity contribution is -0.0579. The molecule has 0 aromatic rings. The predicted molar refractivity (Wildman–Crippen MR) is 132 cm³/mol. The Labute approximate surface area is 189 Å². The minimum atomic E-state index is 1.10. The Kier molecular flexibility index (Phi) is 9.07. The number of rotatable bonds is 10. The Hall–Kier alpha value is 0. The molecular weight excluding hydrogens is 360 g/mol. The Morgan fingerprint density at radius 3 is 1.67 bits per heavy atom. The van der Waals surface area contributed by atoms with Crippen LogP contribution in [0.25, 0.3) is 0 Å². The molecule has 8 unspecified atom stereocenters. The van der Waals surface area contributed by atoms with Gasteiger partial charge in [0.05, 0.1) is 0 Å². The summed E-state index contributed by atoms with van der Waals surface area (Å²) in [5.74, 6) is 9.01. The second-order valence-electron chi connectivity index (χ2n) is 12.4. The Morgan fingerprint density at radius 2 is 0.967 bits per heavy atom. The maximum absolute atomic E-state index is 2.35. The van der Waals surface area contributed by atoms with Crippen LogP contribution in [0.5, 0.6) is 0 Å². The van der Waals surface area contributed by atoms with E-state index in [1.165, 1.54) is 51.4 Å². The summed E-state index contributed by atoms with van der Waals surface area (Å²) in [5.41, 5.74) is 0. The van der Waals surface area contributed by atoms with Crippen molar-refractivity contribution in [1.29, 1.82) is 0 Å². The van der Waals surface area contributed by atoms with E-state index in [4.69, 9.17) is 0 Å². The highest BCUT2D eigenvalue weighted by Gasteiger charge is 2.49. The zero-order valence-electron chi connectivity index (χ0n) is 20.8. The maximum Gasteiger partial charge on any atom is -0.0352 e. The summed E-state index contributed by atoms with van der Waals surface area (Å²) in [5, 5.41) is 0. The first-order valence-corrected chi connectivity index (χ1v) is 14.8. The molecular formula is C30H54. The normalized spacial score (nSPS) is 41.0. The van der Waals surface area contributed by atoms with E-state index in [2.05, 4.69) is 13.8 Å². The standard InChI is InChI=1S/C30H54/c1-3-5-7-9-11-23-14-18-27-26(21-23)17-20-29-28(27)19-16-25-15-13-24(22-30(25)29)12-10-8-6-4-2/h23-30H,3-22H2,1-2H3. The van der Waals surface area contributed by atoms with Gasteiger partial charge < -0.3 is 0 Å². The number of hydrogen-bond donors (Lipinski definition) is 0. The second-order valence-corrected chi connectivity index (χ2v) is 12.4. The van der Waals surface area contributed by atoms with Gasteiger partial charge >= 0.3 is 0 Å². The minimum absolute atomic E-state index is 1.10. The molecule has 4 rings (SSSR count). The zero-order valence-corrected chi connectivity index (χ0v) is 20.8. The molecule has 0 heterocycles. The summed E-state index contributed by atoms with van der Waals surface area (Å²) < 4.78 is 0. The molecule has 4 aliphatic rings. The summed E-state index contributed by atoms with van der Waals surface area (Å²) in [6, 6.07) is 0. The highest BCUT2D eigenvalue weighted by atomic mass is 14.5. The van der Waals surface area contributed by atoms with Gasteiger partial charge in [-0.3, -0.25) is 0 Å². The number of hydrogen-bond acceptors (Lipinski definition) is 0. The summed E-state index contributed by atoms with van der Waals surface area (Å²) in [6.45, 7) is 4.70. The zero-order chi connectivity index (χ0) is 20.8. The molecule has 4 fully saturated rings. The third-order valence-electron chi connectivity index (χ3n) is 10.6. The average molecular weight is 415 g/mol. The highest BCUT2D eigenvalue weighted by Crippen LogP contribution is 2.58. The molecule has 0 aromatic heterocycles. The van der Waals surface area contributed by atoms with Crippen LogP contribution >= 0.6 is 0 Å². The largest absolute Gasteiger partial charge is 0.0654 e. The van der Waals surface area contributed by atoms with Crippen LogP contribution in [0, 0.1) is 47.3 Å². The molecule has 0 N–H and O–H groups in total. The fourth-order valence-corrected chi connectivity index (χ4v) is 9.07. The molecule has 0 saturated heterocycles. The quantitative estimate of drug-likeness (QED) is 0.312. The van der Waals surface area contributed by atoms with Crippen molar-refractivity contribution >= 4 is 0 Å². The molecule has 0 spiro atoms. The van der Waals surface area contributed by atoms with Crippen molar-refractivity contribution in [3.05, 3.63) is 0 Å². The van der Waals surface area contributed by atoms with E-state index in [1.807, 2.05) is 0 Å². The molecule has 4 aliphatic carbocycles. The van der Waals surface area contributed by atoms with Crippen LogP contribution < -0.4 is 0 Å². The maximum atomic E-state index is 2.35. The molecule has 174 valence electrons. The fraction of sp³-hybridized carbons (Fsp3) is 1.00. The first-order chi connectivity index (χ1) is 14.8. The van der Waals surface area contributed by atoms with Crippen molar-refractivity contribution in [3.8, 4) is 0 Å². The van der Waals surface area contributed by atoms with E-state index in [0.29, 0.717) is 0 Å². The van der Waals surface area contributed by atoms with E-state index in [9.17, 15) is 0 Å². The van der Waals surface area contributed by atoms with Crippen LogP contribution in [0.2, 0.25) is 0 Å². The molecule has 0 bridgehead atoms. The highest BCUT2D eigenvalue weighted by molar-refractivity contribution is 4.99. The number of fused-ring (bicyclic) bond motifs is 5. The van der Waals surface area contributed by atoms with E-state index < -0.39 is 0 Å². The van der Waals surface area contributed by atoms with Crippen LogP contribution in [-0.2, 0) is 0 Å². The molecule has 0 aliphatic heterocycles. The molecule has 30 heavy (non-hydrogen) atoms. The molecule has 0 radical (unpaired) electrons. The predicted octanol–water partition coefficient (Wildman–Crippen LogP) is 9.81. The van der Waals surface area contributed by atoms with Crippen molar-refractivity contribution < 1.29 is 0 Å². The second kappa shape index (κ2) is 11.7. The van der Waals surface area contributed by atoms with Crippen LogP contribution in [0.1, 0.15) is 142 Å². The van der Waals surface area contributed by atoms with Gasteiger partial charge in [-0.1, -0.05) is 90.9 Å². The van der Waals surface area contributed by atoms with Crippen LogP contribution in [0.4, 0.5) is 0 Å². The smallest absolute Gasteiger partial charge is 0.0352 e. The first kappa shape index (κ1) is 23.2. The van der Waals surface area contributed by atoms with Crippen molar-refractivity contribution in [2.75, 3.05) is 0 Å². The summed E-state index contributed by atoms with van der Waals surface area (Å²) in [7, 11) is 0.